The Balaban J connectivity index is 1.66. The van der Waals surface area contributed by atoms with E-state index in [0.717, 1.165) is 11.1 Å². The minimum atomic E-state index is -0.420. The van der Waals surface area contributed by atoms with Crippen LogP contribution in [0.1, 0.15) is 34.2 Å². The van der Waals surface area contributed by atoms with Crippen molar-refractivity contribution in [3.63, 3.8) is 0 Å². The molecule has 0 amide bonds. The number of benzene rings is 3. The molecule has 3 heterocycles. The predicted molar refractivity (Wildman–Crippen MR) is 147 cm³/mol. The highest BCUT2D eigenvalue weighted by atomic mass is 16.5. The average Bonchev–Trinajstić information content (AvgIpc) is 3.23. The molecule has 38 heavy (non-hydrogen) atoms. The van der Waals surface area contributed by atoms with Crippen LogP contribution in [0.4, 0.5) is 0 Å². The molecule has 0 atom stereocenters. The van der Waals surface area contributed by atoms with Crippen molar-refractivity contribution in [3.8, 4) is 5.69 Å². The third kappa shape index (κ3) is 3.91. The third-order valence-electron chi connectivity index (χ3n) is 6.63. The van der Waals surface area contributed by atoms with Crippen molar-refractivity contribution in [2.75, 3.05) is 6.61 Å². The van der Waals surface area contributed by atoms with Gasteiger partial charge in [0.05, 0.1) is 35.4 Å². The summed E-state index contributed by atoms with van der Waals surface area (Å²) in [7, 11) is 0. The fraction of sp³-hybridized carbons (Fsp3) is 0.167. The van der Waals surface area contributed by atoms with Crippen molar-refractivity contribution in [3.05, 3.63) is 106 Å². The highest BCUT2D eigenvalue weighted by molar-refractivity contribution is 6.06. The van der Waals surface area contributed by atoms with E-state index in [-0.39, 0.29) is 12.2 Å². The van der Waals surface area contributed by atoms with Crippen LogP contribution in [0.5, 0.6) is 0 Å². The van der Waals surface area contributed by atoms with E-state index in [0.29, 0.717) is 56.9 Å². The van der Waals surface area contributed by atoms with Gasteiger partial charge in [0.15, 0.2) is 11.3 Å². The van der Waals surface area contributed by atoms with Gasteiger partial charge in [-0.25, -0.2) is 19.7 Å². The first-order chi connectivity index (χ1) is 18.4. The number of carbonyl (C=O) groups excluding carboxylic acids is 1. The lowest BCUT2D eigenvalue weighted by Gasteiger charge is -2.12. The molecule has 0 unspecified atom stereocenters. The molecule has 6 rings (SSSR count). The number of hydrogen-bond donors (Lipinski definition) is 0. The summed E-state index contributed by atoms with van der Waals surface area (Å²) in [6.45, 7) is 6.29. The van der Waals surface area contributed by atoms with Gasteiger partial charge in [-0.05, 0) is 56.7 Å². The summed E-state index contributed by atoms with van der Waals surface area (Å²) < 4.78 is 8.68. The standard InChI is InChI=1S/C30H25N5O3/c1-4-38-30(37)21-8-7-9-22(16-21)35-27-25(26-28(35)33-24-11-6-5-10-23(24)32-26)29(36)34(19(3)31-27)17-20-14-12-18(2)13-15-20/h5-16H,4,17H2,1-3H3. The Kier molecular flexibility index (Phi) is 5.72. The van der Waals surface area contributed by atoms with Crippen molar-refractivity contribution in [1.82, 2.24) is 24.1 Å². The summed E-state index contributed by atoms with van der Waals surface area (Å²) in [5.41, 5.74) is 5.80. The minimum absolute atomic E-state index is 0.192. The van der Waals surface area contributed by atoms with Crippen LogP contribution >= 0.6 is 0 Å². The topological polar surface area (TPSA) is 91.9 Å². The Bertz CT molecular complexity index is 1920. The molecule has 8 nitrogen and oxygen atoms in total. The highest BCUT2D eigenvalue weighted by Gasteiger charge is 2.23. The number of aromatic nitrogens is 5. The fourth-order valence-corrected chi connectivity index (χ4v) is 4.72. The van der Waals surface area contributed by atoms with Crippen molar-refractivity contribution in [2.45, 2.75) is 27.3 Å². The number of nitrogens with zero attached hydrogens (tertiary/aromatic N) is 5. The van der Waals surface area contributed by atoms with Gasteiger partial charge in [0.2, 0.25) is 0 Å². The molecule has 3 aromatic carbocycles. The second kappa shape index (κ2) is 9.23. The molecule has 3 aromatic heterocycles. The molecule has 0 aliphatic carbocycles. The van der Waals surface area contributed by atoms with Crippen LogP contribution in [0, 0.1) is 13.8 Å². The Morgan fingerprint density at radius 3 is 2.34 bits per heavy atom. The normalized spacial score (nSPS) is 11.4. The lowest BCUT2D eigenvalue weighted by atomic mass is 10.1. The van der Waals surface area contributed by atoms with Gasteiger partial charge in [-0.1, -0.05) is 48.0 Å². The summed E-state index contributed by atoms with van der Waals surface area (Å²) in [5.74, 6) is 0.148. The average molecular weight is 504 g/mol. The molecule has 188 valence electrons. The van der Waals surface area contributed by atoms with Crippen LogP contribution in [-0.4, -0.2) is 36.7 Å². The first-order valence-electron chi connectivity index (χ1n) is 12.5. The first kappa shape index (κ1) is 23.5. The zero-order valence-electron chi connectivity index (χ0n) is 21.3. The van der Waals surface area contributed by atoms with Crippen molar-refractivity contribution in [2.24, 2.45) is 0 Å². The Morgan fingerprint density at radius 2 is 1.61 bits per heavy atom. The Morgan fingerprint density at radius 1 is 0.868 bits per heavy atom. The maximum Gasteiger partial charge on any atom is 0.338 e. The molecule has 0 aliphatic rings. The maximum absolute atomic E-state index is 14.0. The summed E-state index contributed by atoms with van der Waals surface area (Å²) in [4.78, 5) is 41.2. The van der Waals surface area contributed by atoms with E-state index in [1.165, 1.54) is 0 Å². The number of fused-ring (bicyclic) bond motifs is 4. The van der Waals surface area contributed by atoms with Gasteiger partial charge in [0.1, 0.15) is 16.7 Å². The van der Waals surface area contributed by atoms with Gasteiger partial charge < -0.3 is 4.74 Å². The number of para-hydroxylation sites is 2. The number of carbonyl (C=O) groups is 1. The van der Waals surface area contributed by atoms with Crippen LogP contribution in [0.25, 0.3) is 38.9 Å². The number of ether oxygens (including phenoxy) is 1. The van der Waals surface area contributed by atoms with Gasteiger partial charge in [0, 0.05) is 0 Å². The Labute approximate surface area is 218 Å². The quantitative estimate of drug-likeness (QED) is 0.303. The number of esters is 1. The zero-order chi connectivity index (χ0) is 26.4. The van der Waals surface area contributed by atoms with Crippen molar-refractivity contribution in [1.29, 1.82) is 0 Å². The SMILES string of the molecule is CCOC(=O)c1cccc(-n2c3nc4ccccc4nc3c3c(=O)n(Cc4ccc(C)cc4)c(C)nc32)c1. The van der Waals surface area contributed by atoms with Crippen LogP contribution in [-0.2, 0) is 11.3 Å². The van der Waals surface area contributed by atoms with Crippen molar-refractivity contribution >= 4 is 39.2 Å². The summed E-state index contributed by atoms with van der Waals surface area (Å²) in [6.07, 6.45) is 0. The van der Waals surface area contributed by atoms with E-state index >= 15 is 0 Å². The monoisotopic (exact) mass is 503 g/mol. The molecule has 6 aromatic rings. The van der Waals surface area contributed by atoms with Crippen LogP contribution in [0.3, 0.4) is 0 Å². The predicted octanol–water partition coefficient (Wildman–Crippen LogP) is 5.13. The van der Waals surface area contributed by atoms with Crippen LogP contribution < -0.4 is 5.56 Å². The third-order valence-corrected chi connectivity index (χ3v) is 6.63. The second-order valence-corrected chi connectivity index (χ2v) is 9.23. The fourth-order valence-electron chi connectivity index (χ4n) is 4.72. The second-order valence-electron chi connectivity index (χ2n) is 9.23. The van der Waals surface area contributed by atoms with Gasteiger partial charge >= 0.3 is 5.97 Å². The molecule has 0 spiro atoms. The van der Waals surface area contributed by atoms with Gasteiger partial charge in [-0.2, -0.15) is 0 Å². The van der Waals surface area contributed by atoms with E-state index in [1.54, 1.807) is 34.3 Å². The van der Waals surface area contributed by atoms with E-state index < -0.39 is 5.97 Å². The smallest absolute Gasteiger partial charge is 0.338 e. The molecule has 0 bridgehead atoms. The van der Waals surface area contributed by atoms with E-state index in [9.17, 15) is 9.59 Å². The molecular formula is C30H25N5O3. The maximum atomic E-state index is 14.0. The molecule has 8 heteroatoms. The summed E-state index contributed by atoms with van der Waals surface area (Å²) in [5, 5.41) is 0.387. The van der Waals surface area contributed by atoms with Crippen LogP contribution in [0.2, 0.25) is 0 Å². The van der Waals surface area contributed by atoms with Gasteiger partial charge in [0.25, 0.3) is 5.56 Å². The number of rotatable bonds is 5. The van der Waals surface area contributed by atoms with Crippen LogP contribution in [0.15, 0.2) is 77.6 Å². The zero-order valence-corrected chi connectivity index (χ0v) is 21.3. The first-order valence-corrected chi connectivity index (χ1v) is 12.5. The molecular weight excluding hydrogens is 478 g/mol. The highest BCUT2D eigenvalue weighted by Crippen LogP contribution is 2.29. The number of hydrogen-bond acceptors (Lipinski definition) is 6. The molecule has 0 saturated carbocycles. The van der Waals surface area contributed by atoms with E-state index in [2.05, 4.69) is 0 Å². The van der Waals surface area contributed by atoms with Crippen molar-refractivity contribution < 1.29 is 9.53 Å². The molecule has 0 fully saturated rings. The number of aryl methyl sites for hydroxylation is 2. The Hall–Kier alpha value is -4.85. The summed E-state index contributed by atoms with van der Waals surface area (Å²) in [6, 6.07) is 22.7. The largest absolute Gasteiger partial charge is 0.462 e. The summed E-state index contributed by atoms with van der Waals surface area (Å²) >= 11 is 0. The molecule has 0 radical (unpaired) electrons. The van der Waals surface area contributed by atoms with E-state index in [4.69, 9.17) is 19.7 Å². The molecule has 0 aliphatic heterocycles. The lowest BCUT2D eigenvalue weighted by Crippen LogP contribution is -2.24. The molecule has 0 N–H and O–H groups in total. The van der Waals surface area contributed by atoms with E-state index in [1.807, 2.05) is 68.4 Å². The van der Waals surface area contributed by atoms with Gasteiger partial charge in [-0.15, -0.1) is 0 Å². The molecule has 0 saturated heterocycles. The lowest BCUT2D eigenvalue weighted by molar-refractivity contribution is 0.0526. The minimum Gasteiger partial charge on any atom is -0.462 e. The van der Waals surface area contributed by atoms with Gasteiger partial charge in [-0.3, -0.25) is 13.9 Å².